The summed E-state index contributed by atoms with van der Waals surface area (Å²) in [5.74, 6) is 1.17. The molecule has 0 saturated carbocycles. The summed E-state index contributed by atoms with van der Waals surface area (Å²) in [6.07, 6.45) is 2.67. The maximum absolute atomic E-state index is 8.99. The van der Waals surface area contributed by atoms with E-state index in [1.807, 2.05) is 12.1 Å². The first-order valence-corrected chi connectivity index (χ1v) is 6.36. The molecule has 0 aliphatic heterocycles. The van der Waals surface area contributed by atoms with Gasteiger partial charge in [-0.05, 0) is 24.1 Å². The van der Waals surface area contributed by atoms with Crippen molar-refractivity contribution in [1.82, 2.24) is 15.0 Å². The first kappa shape index (κ1) is 13.5. The van der Waals surface area contributed by atoms with Crippen LogP contribution in [0.15, 0.2) is 30.5 Å². The van der Waals surface area contributed by atoms with Crippen molar-refractivity contribution in [3.63, 3.8) is 0 Å². The second-order valence-electron chi connectivity index (χ2n) is 4.56. The lowest BCUT2D eigenvalue weighted by atomic mass is 9.98. The lowest BCUT2D eigenvalue weighted by molar-refractivity contribution is 0.265. The number of methoxy groups -OCH3 is 1. The third kappa shape index (κ3) is 3.32. The van der Waals surface area contributed by atoms with Crippen molar-refractivity contribution in [2.45, 2.75) is 25.8 Å². The Morgan fingerprint density at radius 2 is 2.05 bits per heavy atom. The highest BCUT2D eigenvalue weighted by atomic mass is 16.5. The second-order valence-corrected chi connectivity index (χ2v) is 4.56. The average molecular weight is 261 g/mol. The third-order valence-corrected chi connectivity index (χ3v) is 3.17. The summed E-state index contributed by atoms with van der Waals surface area (Å²) in [5, 5.41) is 16.9. The van der Waals surface area contributed by atoms with Crippen LogP contribution < -0.4 is 4.74 Å². The van der Waals surface area contributed by atoms with E-state index in [0.29, 0.717) is 12.5 Å². The average Bonchev–Trinajstić information content (AvgIpc) is 2.88. The van der Waals surface area contributed by atoms with Crippen molar-refractivity contribution in [1.29, 1.82) is 0 Å². The van der Waals surface area contributed by atoms with Crippen LogP contribution in [0.3, 0.4) is 0 Å². The molecule has 0 aliphatic carbocycles. The van der Waals surface area contributed by atoms with Gasteiger partial charge in [0, 0.05) is 5.92 Å². The summed E-state index contributed by atoms with van der Waals surface area (Å²) in [6.45, 7) is 2.70. The van der Waals surface area contributed by atoms with E-state index in [4.69, 9.17) is 9.84 Å². The maximum Gasteiger partial charge on any atom is 0.118 e. The van der Waals surface area contributed by atoms with Gasteiger partial charge in [-0.15, -0.1) is 5.10 Å². The molecule has 0 bridgehead atoms. The van der Waals surface area contributed by atoms with Crippen molar-refractivity contribution in [3.05, 3.63) is 41.7 Å². The van der Waals surface area contributed by atoms with Gasteiger partial charge in [0.05, 0.1) is 32.2 Å². The molecule has 5 heteroatoms. The summed E-state index contributed by atoms with van der Waals surface area (Å²) < 4.78 is 6.90. The smallest absolute Gasteiger partial charge is 0.118 e. The molecule has 2 rings (SSSR count). The molecule has 102 valence electrons. The SMILES string of the molecule is COc1ccc(C[C@H](C)c2cnnn2CCO)cc1. The fourth-order valence-corrected chi connectivity index (χ4v) is 2.14. The number of hydrogen-bond donors (Lipinski definition) is 1. The fraction of sp³-hybridized carbons (Fsp3) is 0.429. The molecule has 0 radical (unpaired) electrons. The van der Waals surface area contributed by atoms with Crippen LogP contribution in [0, 0.1) is 0 Å². The largest absolute Gasteiger partial charge is 0.497 e. The molecule has 0 saturated heterocycles. The van der Waals surface area contributed by atoms with Crippen LogP contribution in [0.25, 0.3) is 0 Å². The van der Waals surface area contributed by atoms with E-state index in [2.05, 4.69) is 29.4 Å². The molecule has 1 atom stereocenters. The number of ether oxygens (including phenoxy) is 1. The van der Waals surface area contributed by atoms with Gasteiger partial charge in [-0.1, -0.05) is 24.3 Å². The summed E-state index contributed by atoms with van der Waals surface area (Å²) in [6, 6.07) is 8.06. The van der Waals surface area contributed by atoms with E-state index < -0.39 is 0 Å². The van der Waals surface area contributed by atoms with Gasteiger partial charge in [-0.25, -0.2) is 4.68 Å². The zero-order valence-corrected chi connectivity index (χ0v) is 11.3. The summed E-state index contributed by atoms with van der Waals surface area (Å²) in [4.78, 5) is 0. The molecule has 2 aromatic rings. The molecule has 0 amide bonds. The molecule has 1 N–H and O–H groups in total. The molecule has 0 spiro atoms. The quantitative estimate of drug-likeness (QED) is 0.858. The molecule has 0 unspecified atom stereocenters. The highest BCUT2D eigenvalue weighted by Gasteiger charge is 2.12. The van der Waals surface area contributed by atoms with E-state index in [-0.39, 0.29) is 6.61 Å². The lowest BCUT2D eigenvalue weighted by Gasteiger charge is -2.13. The molecule has 1 heterocycles. The Hall–Kier alpha value is -1.88. The van der Waals surface area contributed by atoms with Gasteiger partial charge >= 0.3 is 0 Å². The Balaban J connectivity index is 2.06. The Bertz CT molecular complexity index is 508. The summed E-state index contributed by atoms with van der Waals surface area (Å²) >= 11 is 0. The van der Waals surface area contributed by atoms with E-state index in [1.54, 1.807) is 18.0 Å². The first-order valence-electron chi connectivity index (χ1n) is 6.36. The third-order valence-electron chi connectivity index (χ3n) is 3.17. The normalized spacial score (nSPS) is 12.4. The van der Waals surface area contributed by atoms with Crippen LogP contribution in [-0.4, -0.2) is 33.8 Å². The van der Waals surface area contributed by atoms with Gasteiger partial charge in [0.15, 0.2) is 0 Å². The Morgan fingerprint density at radius 3 is 2.68 bits per heavy atom. The monoisotopic (exact) mass is 261 g/mol. The summed E-state index contributed by atoms with van der Waals surface area (Å²) in [5.41, 5.74) is 2.29. The molecule has 1 aromatic carbocycles. The Labute approximate surface area is 112 Å². The predicted octanol–water partition coefficient (Wildman–Crippen LogP) is 1.63. The second kappa shape index (κ2) is 6.33. The zero-order valence-electron chi connectivity index (χ0n) is 11.3. The van der Waals surface area contributed by atoms with Crippen molar-refractivity contribution in [3.8, 4) is 5.75 Å². The zero-order chi connectivity index (χ0) is 13.7. The number of aromatic nitrogens is 3. The molecule has 0 aliphatic rings. The summed E-state index contributed by atoms with van der Waals surface area (Å²) in [7, 11) is 1.66. The fourth-order valence-electron chi connectivity index (χ4n) is 2.14. The van der Waals surface area contributed by atoms with Gasteiger partial charge in [0.25, 0.3) is 0 Å². The van der Waals surface area contributed by atoms with Crippen LogP contribution in [0.5, 0.6) is 5.75 Å². The number of nitrogens with zero attached hydrogens (tertiary/aromatic N) is 3. The standard InChI is InChI=1S/C14H19N3O2/c1-11(14-10-15-16-17(14)7-8-18)9-12-3-5-13(19-2)6-4-12/h3-6,10-11,18H,7-9H2,1-2H3/t11-/m0/s1. The van der Waals surface area contributed by atoms with E-state index in [0.717, 1.165) is 17.9 Å². The lowest BCUT2D eigenvalue weighted by Crippen LogP contribution is -2.11. The van der Waals surface area contributed by atoms with E-state index in [1.165, 1.54) is 5.56 Å². The topological polar surface area (TPSA) is 60.2 Å². The highest BCUT2D eigenvalue weighted by molar-refractivity contribution is 5.28. The Kier molecular flexibility index (Phi) is 4.52. The number of rotatable bonds is 6. The molecule has 1 aromatic heterocycles. The van der Waals surface area contributed by atoms with Crippen LogP contribution in [0.4, 0.5) is 0 Å². The molecule has 5 nitrogen and oxygen atoms in total. The van der Waals surface area contributed by atoms with E-state index in [9.17, 15) is 0 Å². The molecule has 19 heavy (non-hydrogen) atoms. The van der Waals surface area contributed by atoms with Gasteiger partial charge in [-0.3, -0.25) is 0 Å². The first-order chi connectivity index (χ1) is 9.24. The van der Waals surface area contributed by atoms with Crippen LogP contribution in [-0.2, 0) is 13.0 Å². The predicted molar refractivity (Wildman–Crippen MR) is 72.2 cm³/mol. The molecular weight excluding hydrogens is 242 g/mol. The van der Waals surface area contributed by atoms with Crippen LogP contribution >= 0.6 is 0 Å². The van der Waals surface area contributed by atoms with Gasteiger partial charge < -0.3 is 9.84 Å². The van der Waals surface area contributed by atoms with E-state index >= 15 is 0 Å². The number of hydrogen-bond acceptors (Lipinski definition) is 4. The minimum atomic E-state index is 0.0750. The van der Waals surface area contributed by atoms with Crippen molar-refractivity contribution < 1.29 is 9.84 Å². The number of aliphatic hydroxyl groups is 1. The number of aliphatic hydroxyl groups excluding tert-OH is 1. The van der Waals surface area contributed by atoms with Gasteiger partial charge in [0.2, 0.25) is 0 Å². The van der Waals surface area contributed by atoms with Crippen LogP contribution in [0.1, 0.15) is 24.1 Å². The number of benzene rings is 1. The van der Waals surface area contributed by atoms with Crippen LogP contribution in [0.2, 0.25) is 0 Å². The van der Waals surface area contributed by atoms with Crippen molar-refractivity contribution >= 4 is 0 Å². The Morgan fingerprint density at radius 1 is 1.32 bits per heavy atom. The highest BCUT2D eigenvalue weighted by Crippen LogP contribution is 2.21. The van der Waals surface area contributed by atoms with Gasteiger partial charge in [-0.2, -0.15) is 0 Å². The molecular formula is C14H19N3O2. The van der Waals surface area contributed by atoms with Gasteiger partial charge in [0.1, 0.15) is 5.75 Å². The van der Waals surface area contributed by atoms with Crippen molar-refractivity contribution in [2.75, 3.05) is 13.7 Å². The minimum absolute atomic E-state index is 0.0750. The molecule has 0 fully saturated rings. The minimum Gasteiger partial charge on any atom is -0.497 e. The maximum atomic E-state index is 8.99. The van der Waals surface area contributed by atoms with Crippen molar-refractivity contribution in [2.24, 2.45) is 0 Å².